The lowest BCUT2D eigenvalue weighted by molar-refractivity contribution is 0.0995. The van der Waals surface area contributed by atoms with E-state index in [1.165, 1.54) is 30.5 Å². The minimum absolute atomic E-state index is 0.206. The number of ether oxygens (including phenoxy) is 2. The van der Waals surface area contributed by atoms with Crippen LogP contribution >= 0.6 is 0 Å². The number of aldehydes is 1. The third kappa shape index (κ3) is 3.96. The molecule has 1 aliphatic heterocycles. The van der Waals surface area contributed by atoms with Gasteiger partial charge in [-0.25, -0.2) is 4.39 Å². The van der Waals surface area contributed by atoms with Crippen molar-refractivity contribution in [2.45, 2.75) is 13.5 Å². The average molecular weight is 487 g/mol. The number of halogens is 1. The van der Waals surface area contributed by atoms with Gasteiger partial charge in [-0.3, -0.25) is 14.5 Å². The number of hydrogen-bond acceptors (Lipinski definition) is 7. The molecule has 182 valence electrons. The third-order valence-corrected chi connectivity index (χ3v) is 5.98. The van der Waals surface area contributed by atoms with Crippen molar-refractivity contribution in [2.24, 2.45) is 7.05 Å². The summed E-state index contributed by atoms with van der Waals surface area (Å²) in [5, 5.41) is 8.06. The van der Waals surface area contributed by atoms with Crippen molar-refractivity contribution in [3.05, 3.63) is 71.3 Å². The number of aryl methyl sites for hydroxylation is 1. The van der Waals surface area contributed by atoms with Crippen LogP contribution in [0.1, 0.15) is 33.2 Å². The molecule has 5 rings (SSSR count). The molecule has 9 nitrogen and oxygen atoms in total. The van der Waals surface area contributed by atoms with Gasteiger partial charge in [0, 0.05) is 35.4 Å². The maximum Gasteiger partial charge on any atom is 0.260 e. The van der Waals surface area contributed by atoms with Crippen LogP contribution in [0.25, 0.3) is 22.5 Å². The summed E-state index contributed by atoms with van der Waals surface area (Å²) in [5.74, 6) is 0.861. The van der Waals surface area contributed by atoms with Gasteiger partial charge in [-0.1, -0.05) is 6.07 Å². The zero-order valence-corrected chi connectivity index (χ0v) is 19.9. The van der Waals surface area contributed by atoms with Gasteiger partial charge in [0.05, 0.1) is 20.3 Å². The van der Waals surface area contributed by atoms with Gasteiger partial charge in [-0.15, -0.1) is 10.2 Å². The van der Waals surface area contributed by atoms with Crippen LogP contribution in [0.5, 0.6) is 11.6 Å². The van der Waals surface area contributed by atoms with Gasteiger partial charge >= 0.3 is 0 Å². The fourth-order valence-corrected chi connectivity index (χ4v) is 4.32. The molecule has 2 aromatic heterocycles. The molecule has 1 aliphatic rings. The predicted molar refractivity (Wildman–Crippen MR) is 130 cm³/mol. The van der Waals surface area contributed by atoms with Gasteiger partial charge in [-0.05, 0) is 48.4 Å². The normalized spacial score (nSPS) is 12.6. The fraction of sp³-hybridized carbons (Fsp3) is 0.192. The lowest BCUT2D eigenvalue weighted by Gasteiger charge is -2.18. The van der Waals surface area contributed by atoms with Crippen LogP contribution in [0.15, 0.2) is 48.8 Å². The monoisotopic (exact) mass is 487 g/mol. The quantitative estimate of drug-likeness (QED) is 0.363. The SMILES string of the molecule is CCOc1cc(-c2ccc(F)cc2-c2nncn2C)cc(N2Cc3c(OC)cc(C=O)cc3C2=O)n1. The number of fused-ring (bicyclic) bond motifs is 1. The van der Waals surface area contributed by atoms with Crippen molar-refractivity contribution in [3.63, 3.8) is 0 Å². The number of carbonyl (C=O) groups excluding carboxylic acids is 2. The molecule has 0 bridgehead atoms. The van der Waals surface area contributed by atoms with Crippen LogP contribution in [0.3, 0.4) is 0 Å². The molecule has 0 atom stereocenters. The Balaban J connectivity index is 1.64. The maximum atomic E-state index is 14.3. The van der Waals surface area contributed by atoms with E-state index in [1.54, 1.807) is 41.9 Å². The lowest BCUT2D eigenvalue weighted by Crippen LogP contribution is -2.24. The number of carbonyl (C=O) groups is 2. The number of pyridine rings is 1. The largest absolute Gasteiger partial charge is 0.496 e. The molecule has 2 aromatic carbocycles. The van der Waals surface area contributed by atoms with E-state index in [-0.39, 0.29) is 12.5 Å². The number of anilines is 1. The molecule has 0 radical (unpaired) electrons. The van der Waals surface area contributed by atoms with Crippen LogP contribution in [0.4, 0.5) is 10.2 Å². The second-order valence-corrected chi connectivity index (χ2v) is 8.20. The van der Waals surface area contributed by atoms with E-state index < -0.39 is 5.82 Å². The Bertz CT molecular complexity index is 1500. The number of methoxy groups -OCH3 is 1. The van der Waals surface area contributed by atoms with E-state index in [9.17, 15) is 14.0 Å². The molecule has 36 heavy (non-hydrogen) atoms. The summed E-state index contributed by atoms with van der Waals surface area (Å²) in [6, 6.07) is 11.0. The number of nitrogens with zero attached hydrogens (tertiary/aromatic N) is 5. The van der Waals surface area contributed by atoms with Crippen LogP contribution in [-0.4, -0.2) is 45.7 Å². The van der Waals surface area contributed by atoms with Crippen molar-refractivity contribution in [1.29, 1.82) is 0 Å². The highest BCUT2D eigenvalue weighted by atomic mass is 19.1. The van der Waals surface area contributed by atoms with E-state index in [0.717, 1.165) is 0 Å². The molecular weight excluding hydrogens is 465 g/mol. The zero-order chi connectivity index (χ0) is 25.4. The molecule has 0 spiro atoms. The summed E-state index contributed by atoms with van der Waals surface area (Å²) in [6.45, 7) is 2.40. The molecule has 0 unspecified atom stereocenters. The van der Waals surface area contributed by atoms with E-state index >= 15 is 0 Å². The first-order chi connectivity index (χ1) is 17.4. The average Bonchev–Trinajstić information content (AvgIpc) is 3.46. The van der Waals surface area contributed by atoms with Crippen molar-refractivity contribution in [2.75, 3.05) is 18.6 Å². The van der Waals surface area contributed by atoms with E-state index in [2.05, 4.69) is 15.2 Å². The number of benzene rings is 2. The molecule has 0 saturated heterocycles. The second-order valence-electron chi connectivity index (χ2n) is 8.20. The summed E-state index contributed by atoms with van der Waals surface area (Å²) in [5.41, 5.74) is 3.25. The standard InChI is InChI=1S/C26H22FN5O4/c1-4-36-24-10-16(18-6-5-17(27)11-19(18)25-30-28-14-31(25)2)9-23(29-24)32-12-21-20(26(32)34)7-15(13-33)8-22(21)35-3/h5-11,13-14H,4,12H2,1-3H3. The maximum absolute atomic E-state index is 14.3. The molecule has 1 amide bonds. The first-order valence-corrected chi connectivity index (χ1v) is 11.2. The molecule has 0 N–H and O–H groups in total. The Morgan fingerprint density at radius 1 is 1.11 bits per heavy atom. The Hall–Kier alpha value is -4.60. The van der Waals surface area contributed by atoms with Gasteiger partial charge in [0.1, 0.15) is 30.0 Å². The number of hydrogen-bond donors (Lipinski definition) is 0. The Morgan fingerprint density at radius 3 is 2.64 bits per heavy atom. The molecule has 0 aliphatic carbocycles. The molecule has 3 heterocycles. The Kier molecular flexibility index (Phi) is 5.93. The van der Waals surface area contributed by atoms with Crippen molar-refractivity contribution < 1.29 is 23.5 Å². The topological polar surface area (TPSA) is 99.4 Å². The lowest BCUT2D eigenvalue weighted by atomic mass is 9.99. The highest BCUT2D eigenvalue weighted by molar-refractivity contribution is 6.11. The Labute approximate surface area is 206 Å². The molecule has 10 heteroatoms. The van der Waals surface area contributed by atoms with Crippen molar-refractivity contribution in [3.8, 4) is 34.1 Å². The van der Waals surface area contributed by atoms with E-state index in [4.69, 9.17) is 9.47 Å². The first-order valence-electron chi connectivity index (χ1n) is 11.2. The molecule has 0 fully saturated rings. The Morgan fingerprint density at radius 2 is 1.94 bits per heavy atom. The van der Waals surface area contributed by atoms with Gasteiger partial charge < -0.3 is 14.0 Å². The fourth-order valence-electron chi connectivity index (χ4n) is 4.32. The third-order valence-electron chi connectivity index (χ3n) is 5.98. The minimum atomic E-state index is -0.417. The first kappa shape index (κ1) is 23.2. The minimum Gasteiger partial charge on any atom is -0.496 e. The van der Waals surface area contributed by atoms with E-state index in [0.29, 0.717) is 69.5 Å². The van der Waals surface area contributed by atoms with Gasteiger partial charge in [0.15, 0.2) is 5.82 Å². The second kappa shape index (κ2) is 9.21. The van der Waals surface area contributed by atoms with Gasteiger partial charge in [-0.2, -0.15) is 4.98 Å². The number of amides is 1. The van der Waals surface area contributed by atoms with Gasteiger partial charge in [0.2, 0.25) is 5.88 Å². The molecular formula is C26H22FN5O4. The summed E-state index contributed by atoms with van der Waals surface area (Å²) >= 11 is 0. The summed E-state index contributed by atoms with van der Waals surface area (Å²) in [7, 11) is 3.26. The zero-order valence-electron chi connectivity index (χ0n) is 19.9. The van der Waals surface area contributed by atoms with Crippen LogP contribution in [0.2, 0.25) is 0 Å². The predicted octanol–water partition coefficient (Wildman–Crippen LogP) is 4.06. The van der Waals surface area contributed by atoms with Crippen LogP contribution in [0, 0.1) is 5.82 Å². The summed E-state index contributed by atoms with van der Waals surface area (Å²) < 4.78 is 27.1. The van der Waals surface area contributed by atoms with Crippen LogP contribution < -0.4 is 14.4 Å². The summed E-state index contributed by atoms with van der Waals surface area (Å²) in [4.78, 5) is 30.8. The highest BCUT2D eigenvalue weighted by Gasteiger charge is 2.33. The van der Waals surface area contributed by atoms with Crippen molar-refractivity contribution >= 4 is 18.0 Å². The van der Waals surface area contributed by atoms with E-state index in [1.807, 2.05) is 6.92 Å². The molecule has 0 saturated carbocycles. The van der Waals surface area contributed by atoms with Gasteiger partial charge in [0.25, 0.3) is 5.91 Å². The van der Waals surface area contributed by atoms with Crippen LogP contribution in [-0.2, 0) is 13.6 Å². The number of rotatable bonds is 7. The number of aromatic nitrogens is 4. The smallest absolute Gasteiger partial charge is 0.260 e. The van der Waals surface area contributed by atoms with Crippen molar-refractivity contribution in [1.82, 2.24) is 19.7 Å². The molecule has 4 aromatic rings. The summed E-state index contributed by atoms with van der Waals surface area (Å²) in [6.07, 6.45) is 2.21. The highest BCUT2D eigenvalue weighted by Crippen LogP contribution is 2.38.